The van der Waals surface area contributed by atoms with Crippen molar-refractivity contribution in [3.8, 4) is 11.1 Å². The maximum Gasteiger partial charge on any atom is 0.407 e. The summed E-state index contributed by atoms with van der Waals surface area (Å²) in [7, 11) is 0. The minimum Gasteiger partial charge on any atom is -0.481 e. The summed E-state index contributed by atoms with van der Waals surface area (Å²) in [5.74, 6) is -0.930. The van der Waals surface area contributed by atoms with Gasteiger partial charge in [0.15, 0.2) is 0 Å². The molecule has 2 aromatic rings. The third-order valence-electron chi connectivity index (χ3n) is 6.86. The Labute approximate surface area is 203 Å². The van der Waals surface area contributed by atoms with Crippen LogP contribution in [0.4, 0.5) is 4.79 Å². The number of carbonyl (C=O) groups is 3. The second kappa shape index (κ2) is 10.5. The zero-order chi connectivity index (χ0) is 24.2. The Balaban J connectivity index is 1.37. The number of amides is 2. The summed E-state index contributed by atoms with van der Waals surface area (Å²) in [5.41, 5.74) is 4.57. The van der Waals surface area contributed by atoms with Gasteiger partial charge in [-0.15, -0.1) is 0 Å². The van der Waals surface area contributed by atoms with Gasteiger partial charge in [-0.1, -0.05) is 55.5 Å². The Kier molecular flexibility index (Phi) is 7.46. The molecule has 0 aromatic heterocycles. The lowest BCUT2D eigenvalue weighted by Crippen LogP contribution is -2.59. The minimum absolute atomic E-state index is 0.0489. The zero-order valence-corrected chi connectivity index (χ0v) is 20.2. The van der Waals surface area contributed by atoms with E-state index in [1.807, 2.05) is 30.5 Å². The molecule has 1 aliphatic carbocycles. The molecule has 0 radical (unpaired) electrons. The molecule has 1 fully saturated rings. The van der Waals surface area contributed by atoms with Crippen LogP contribution in [-0.2, 0) is 14.3 Å². The Morgan fingerprint density at radius 3 is 2.24 bits per heavy atom. The number of likely N-dealkylation sites (tertiary alicyclic amines) is 1. The van der Waals surface area contributed by atoms with Crippen molar-refractivity contribution < 1.29 is 24.2 Å². The molecular weight excluding hydrogens is 452 g/mol. The number of carbonyl (C=O) groups excluding carboxylic acids is 2. The number of thioether (sulfide) groups is 1. The van der Waals surface area contributed by atoms with Crippen LogP contribution in [-0.4, -0.2) is 65.7 Å². The largest absolute Gasteiger partial charge is 0.481 e. The number of hydrogen-bond donors (Lipinski definition) is 2. The molecule has 7 nitrogen and oxygen atoms in total. The van der Waals surface area contributed by atoms with Gasteiger partial charge in [0.25, 0.3) is 0 Å². The van der Waals surface area contributed by atoms with Crippen LogP contribution in [0.25, 0.3) is 11.1 Å². The van der Waals surface area contributed by atoms with Gasteiger partial charge in [0.1, 0.15) is 12.6 Å². The Hall–Kier alpha value is -3.00. The Morgan fingerprint density at radius 2 is 1.68 bits per heavy atom. The molecule has 2 aromatic carbocycles. The van der Waals surface area contributed by atoms with E-state index in [4.69, 9.17) is 4.74 Å². The fourth-order valence-corrected chi connectivity index (χ4v) is 5.18. The van der Waals surface area contributed by atoms with E-state index >= 15 is 0 Å². The van der Waals surface area contributed by atoms with Gasteiger partial charge in [-0.3, -0.25) is 9.59 Å². The second-order valence-electron chi connectivity index (χ2n) is 8.93. The number of alkyl carbamates (subject to hydrolysis) is 1. The van der Waals surface area contributed by atoms with E-state index < -0.39 is 24.0 Å². The van der Waals surface area contributed by atoms with Crippen molar-refractivity contribution in [1.82, 2.24) is 10.2 Å². The number of benzene rings is 2. The molecule has 1 aliphatic heterocycles. The number of carboxylic acids is 1. The van der Waals surface area contributed by atoms with Crippen molar-refractivity contribution >= 4 is 29.7 Å². The number of carboxylic acid groups (broad SMARTS) is 1. The van der Waals surface area contributed by atoms with Gasteiger partial charge in [0.2, 0.25) is 5.91 Å². The smallest absolute Gasteiger partial charge is 0.407 e. The van der Waals surface area contributed by atoms with Crippen LogP contribution in [0.1, 0.15) is 30.4 Å². The summed E-state index contributed by atoms with van der Waals surface area (Å²) >= 11 is 1.60. The van der Waals surface area contributed by atoms with Gasteiger partial charge in [-0.25, -0.2) is 4.79 Å². The monoisotopic (exact) mass is 482 g/mol. The van der Waals surface area contributed by atoms with Gasteiger partial charge in [-0.05, 0) is 40.7 Å². The first-order chi connectivity index (χ1) is 16.4. The number of nitrogens with zero attached hydrogens (tertiary/aromatic N) is 1. The third kappa shape index (κ3) is 4.92. The predicted molar refractivity (Wildman–Crippen MR) is 132 cm³/mol. The lowest BCUT2D eigenvalue weighted by atomic mass is 9.86. The standard InChI is InChI=1S/C26H30N2O5S/c1-16(25(30)31)17-13-28(14-17)24(29)23(11-12-34-2)27-26(32)33-15-22-20-9-5-3-7-18(20)19-8-4-6-10-21(19)22/h3-10,16-17,22-23H,11-15H2,1-2H3,(H,27,32)(H,30,31)/t16?,23-/m1/s1. The van der Waals surface area contributed by atoms with Gasteiger partial charge in [-0.2, -0.15) is 11.8 Å². The Morgan fingerprint density at radius 1 is 1.09 bits per heavy atom. The number of hydrogen-bond acceptors (Lipinski definition) is 5. The van der Waals surface area contributed by atoms with Crippen molar-refractivity contribution in [3.63, 3.8) is 0 Å². The average molecular weight is 483 g/mol. The number of rotatable bonds is 9. The number of nitrogens with one attached hydrogen (secondary N) is 1. The highest BCUT2D eigenvalue weighted by molar-refractivity contribution is 7.98. The maximum absolute atomic E-state index is 13.0. The highest BCUT2D eigenvalue weighted by atomic mass is 32.2. The summed E-state index contributed by atoms with van der Waals surface area (Å²) in [6, 6.07) is 15.6. The molecule has 2 amide bonds. The number of ether oxygens (including phenoxy) is 1. The van der Waals surface area contributed by atoms with Crippen molar-refractivity contribution in [2.24, 2.45) is 11.8 Å². The van der Waals surface area contributed by atoms with Crippen LogP contribution < -0.4 is 5.32 Å². The van der Waals surface area contributed by atoms with Crippen molar-refractivity contribution in [1.29, 1.82) is 0 Å². The first-order valence-electron chi connectivity index (χ1n) is 11.5. The van der Waals surface area contributed by atoms with Gasteiger partial charge < -0.3 is 20.1 Å². The molecule has 0 saturated carbocycles. The first kappa shape index (κ1) is 24.1. The van der Waals surface area contributed by atoms with Crippen molar-refractivity contribution in [2.75, 3.05) is 31.7 Å². The SMILES string of the molecule is CSCC[C@@H](NC(=O)OCC1c2ccccc2-c2ccccc21)C(=O)N1CC(C(C)C(=O)O)C1. The maximum atomic E-state index is 13.0. The van der Waals surface area contributed by atoms with E-state index in [2.05, 4.69) is 29.6 Å². The van der Waals surface area contributed by atoms with Gasteiger partial charge in [0.05, 0.1) is 5.92 Å². The molecule has 2 atom stereocenters. The van der Waals surface area contributed by atoms with E-state index in [0.717, 1.165) is 22.3 Å². The second-order valence-corrected chi connectivity index (χ2v) is 9.92. The molecular formula is C26H30N2O5S. The number of aliphatic carboxylic acids is 1. The topological polar surface area (TPSA) is 95.9 Å². The van der Waals surface area contributed by atoms with Crippen LogP contribution in [0.2, 0.25) is 0 Å². The number of fused-ring (bicyclic) bond motifs is 3. The molecule has 1 saturated heterocycles. The summed E-state index contributed by atoms with van der Waals surface area (Å²) < 4.78 is 5.62. The van der Waals surface area contributed by atoms with Crippen LogP contribution in [0, 0.1) is 11.8 Å². The van der Waals surface area contributed by atoms with Crippen LogP contribution >= 0.6 is 11.8 Å². The molecule has 2 N–H and O–H groups in total. The quantitative estimate of drug-likeness (QED) is 0.564. The minimum atomic E-state index is -0.854. The van der Waals surface area contributed by atoms with E-state index in [0.29, 0.717) is 25.3 Å². The van der Waals surface area contributed by atoms with Crippen molar-refractivity contribution in [3.05, 3.63) is 59.7 Å². The fraction of sp³-hybridized carbons (Fsp3) is 0.423. The highest BCUT2D eigenvalue weighted by Gasteiger charge is 2.39. The summed E-state index contributed by atoms with van der Waals surface area (Å²) in [4.78, 5) is 38.5. The average Bonchev–Trinajstić information content (AvgIpc) is 3.13. The Bertz CT molecular complexity index is 1020. The van der Waals surface area contributed by atoms with E-state index in [1.54, 1.807) is 23.6 Å². The molecule has 4 rings (SSSR count). The molecule has 8 heteroatoms. The summed E-state index contributed by atoms with van der Waals surface area (Å²) in [5, 5.41) is 11.9. The van der Waals surface area contributed by atoms with E-state index in [1.165, 1.54) is 0 Å². The first-order valence-corrected chi connectivity index (χ1v) is 12.9. The molecule has 180 valence electrons. The highest BCUT2D eigenvalue weighted by Crippen LogP contribution is 2.44. The fourth-order valence-electron chi connectivity index (χ4n) is 4.71. The third-order valence-corrected chi connectivity index (χ3v) is 7.51. The van der Waals surface area contributed by atoms with Gasteiger partial charge >= 0.3 is 12.1 Å². The lowest BCUT2D eigenvalue weighted by molar-refractivity contribution is -0.151. The van der Waals surface area contributed by atoms with E-state index in [-0.39, 0.29) is 24.3 Å². The lowest BCUT2D eigenvalue weighted by Gasteiger charge is -2.42. The molecule has 2 aliphatic rings. The van der Waals surface area contributed by atoms with Crippen LogP contribution in [0.15, 0.2) is 48.5 Å². The summed E-state index contributed by atoms with van der Waals surface area (Å²) in [6.45, 7) is 2.64. The summed E-state index contributed by atoms with van der Waals surface area (Å²) in [6.07, 6.45) is 1.82. The zero-order valence-electron chi connectivity index (χ0n) is 19.4. The molecule has 1 unspecified atom stereocenters. The van der Waals surface area contributed by atoms with Crippen molar-refractivity contribution in [2.45, 2.75) is 25.3 Å². The molecule has 0 spiro atoms. The van der Waals surface area contributed by atoms with Crippen LogP contribution in [0.3, 0.4) is 0 Å². The van der Waals surface area contributed by atoms with Gasteiger partial charge in [0, 0.05) is 24.9 Å². The molecule has 1 heterocycles. The van der Waals surface area contributed by atoms with Crippen LogP contribution in [0.5, 0.6) is 0 Å². The van der Waals surface area contributed by atoms with E-state index in [9.17, 15) is 19.5 Å². The predicted octanol–water partition coefficient (Wildman–Crippen LogP) is 3.83. The normalized spacial score (nSPS) is 16.7. The molecule has 34 heavy (non-hydrogen) atoms. The molecule has 0 bridgehead atoms.